The molecule has 0 bridgehead atoms. The smallest absolute Gasteiger partial charge is 0.0638 e. The number of nitrogens with zero attached hydrogens (tertiary/aromatic N) is 2. The monoisotopic (exact) mass is 500 g/mol. The van der Waals surface area contributed by atoms with Crippen LogP contribution in [0.4, 0.5) is 0 Å². The van der Waals surface area contributed by atoms with Crippen molar-refractivity contribution >= 4 is 23.1 Å². The topological polar surface area (TPSA) is 16.1 Å². The minimum absolute atomic E-state index is 0.0973. The highest BCUT2D eigenvalue weighted by molar-refractivity contribution is 8.04. The van der Waals surface area contributed by atoms with Crippen molar-refractivity contribution in [2.45, 2.75) is 50.7 Å². The van der Waals surface area contributed by atoms with Crippen molar-refractivity contribution in [3.63, 3.8) is 0 Å². The first-order chi connectivity index (χ1) is 16.5. The van der Waals surface area contributed by atoms with Crippen LogP contribution in [0.15, 0.2) is 78.4 Å². The summed E-state index contributed by atoms with van der Waals surface area (Å²) in [4.78, 5) is 7.77. The third-order valence-corrected chi connectivity index (χ3v) is 9.02. The van der Waals surface area contributed by atoms with E-state index in [0.29, 0.717) is 0 Å². The summed E-state index contributed by atoms with van der Waals surface area (Å²) in [6.07, 6.45) is 5.80. The summed E-state index contributed by atoms with van der Waals surface area (Å²) in [7, 11) is 4.09. The first-order valence-electron chi connectivity index (χ1n) is 11.7. The van der Waals surface area contributed by atoms with Gasteiger partial charge < -0.3 is 4.90 Å². The van der Waals surface area contributed by atoms with Crippen LogP contribution in [0.2, 0.25) is 0 Å². The molecule has 2 atom stereocenters. The lowest BCUT2D eigenvalue weighted by Gasteiger charge is -2.37. The third-order valence-electron chi connectivity index (χ3n) is 6.22. The van der Waals surface area contributed by atoms with Crippen LogP contribution in [0.3, 0.4) is 0 Å². The molecule has 0 amide bonds. The fraction of sp³-hybridized carbons (Fsp3) is 0.323. The van der Waals surface area contributed by atoms with Gasteiger partial charge in [-0.2, -0.15) is 0 Å². The van der Waals surface area contributed by atoms with E-state index in [2.05, 4.69) is 110 Å². The molecule has 3 rings (SSSR count). The van der Waals surface area contributed by atoms with Crippen LogP contribution in [0.25, 0.3) is 11.1 Å². The zero-order chi connectivity index (χ0) is 25.8. The van der Waals surface area contributed by atoms with E-state index >= 15 is 0 Å². The SMILES string of the molecule is C=C[C@H](c1ccc(C(C)(C)C)cc1)[C@](C)(SC(=C)N(C)C)c1cc(-c2cncc(C#CC)c2)cs1. The predicted octanol–water partition coefficient (Wildman–Crippen LogP) is 8.43. The number of rotatable bonds is 8. The van der Waals surface area contributed by atoms with Gasteiger partial charge >= 0.3 is 0 Å². The molecule has 0 radical (unpaired) electrons. The highest BCUT2D eigenvalue weighted by Gasteiger charge is 2.39. The second-order valence-corrected chi connectivity index (χ2v) is 12.6. The van der Waals surface area contributed by atoms with E-state index in [1.165, 1.54) is 16.0 Å². The number of thioether (sulfide) groups is 1. The summed E-state index contributed by atoms with van der Waals surface area (Å²) in [6, 6.07) is 13.4. The number of aromatic nitrogens is 1. The van der Waals surface area contributed by atoms with Crippen molar-refractivity contribution in [1.29, 1.82) is 0 Å². The molecule has 0 aliphatic heterocycles. The normalized spacial score (nSPS) is 13.8. The van der Waals surface area contributed by atoms with Crippen molar-refractivity contribution < 1.29 is 0 Å². The molecule has 2 heterocycles. The molecule has 0 unspecified atom stereocenters. The maximum atomic E-state index is 4.41. The number of thiophene rings is 1. The zero-order valence-corrected chi connectivity index (χ0v) is 23.6. The van der Waals surface area contributed by atoms with Crippen LogP contribution in [0, 0.1) is 11.8 Å². The Labute approximate surface area is 220 Å². The first kappa shape index (κ1) is 26.9. The van der Waals surface area contributed by atoms with Crippen LogP contribution >= 0.6 is 23.1 Å². The molecule has 35 heavy (non-hydrogen) atoms. The van der Waals surface area contributed by atoms with Crippen molar-refractivity contribution in [2.75, 3.05) is 14.1 Å². The van der Waals surface area contributed by atoms with Crippen LogP contribution in [0.1, 0.15) is 62.1 Å². The molecule has 3 aromatic rings. The van der Waals surface area contributed by atoms with Crippen LogP contribution in [-0.2, 0) is 10.2 Å². The van der Waals surface area contributed by atoms with Gasteiger partial charge in [0.1, 0.15) is 0 Å². The molecular formula is C31H36N2S2. The van der Waals surface area contributed by atoms with Crippen LogP contribution < -0.4 is 0 Å². The van der Waals surface area contributed by atoms with Crippen LogP contribution in [-0.4, -0.2) is 24.0 Å². The van der Waals surface area contributed by atoms with Gasteiger partial charge in [0, 0.05) is 48.4 Å². The van der Waals surface area contributed by atoms with E-state index in [4.69, 9.17) is 0 Å². The van der Waals surface area contributed by atoms with E-state index in [0.717, 1.165) is 21.7 Å². The highest BCUT2D eigenvalue weighted by Crippen LogP contribution is 2.53. The minimum Gasteiger partial charge on any atom is -0.373 e. The summed E-state index contributed by atoms with van der Waals surface area (Å²) in [5, 5.41) is 3.23. The summed E-state index contributed by atoms with van der Waals surface area (Å²) < 4.78 is -0.288. The Morgan fingerprint density at radius 2 is 1.77 bits per heavy atom. The second kappa shape index (κ2) is 10.9. The van der Waals surface area contributed by atoms with Crippen molar-refractivity contribution in [3.05, 3.63) is 100 Å². The van der Waals surface area contributed by atoms with Gasteiger partial charge in [-0.1, -0.05) is 75.4 Å². The van der Waals surface area contributed by atoms with Crippen molar-refractivity contribution in [2.24, 2.45) is 0 Å². The van der Waals surface area contributed by atoms with E-state index in [1.807, 2.05) is 33.4 Å². The fourth-order valence-corrected chi connectivity index (χ4v) is 6.51. The van der Waals surface area contributed by atoms with Gasteiger partial charge in [-0.05, 0) is 53.5 Å². The summed E-state index contributed by atoms with van der Waals surface area (Å²) >= 11 is 3.58. The van der Waals surface area contributed by atoms with Gasteiger partial charge in [-0.15, -0.1) is 23.8 Å². The minimum atomic E-state index is -0.288. The van der Waals surface area contributed by atoms with Gasteiger partial charge in [-0.25, -0.2) is 0 Å². The second-order valence-electron chi connectivity index (χ2n) is 10.1. The van der Waals surface area contributed by atoms with Crippen molar-refractivity contribution in [3.8, 4) is 23.0 Å². The van der Waals surface area contributed by atoms with Gasteiger partial charge in [0.15, 0.2) is 0 Å². The Balaban J connectivity index is 2.08. The van der Waals surface area contributed by atoms with E-state index in [9.17, 15) is 0 Å². The Hall–Kier alpha value is -2.74. The Bertz CT molecular complexity index is 1250. The van der Waals surface area contributed by atoms with E-state index in [1.54, 1.807) is 23.1 Å². The van der Waals surface area contributed by atoms with E-state index < -0.39 is 0 Å². The predicted molar refractivity (Wildman–Crippen MR) is 156 cm³/mol. The fourth-order valence-electron chi connectivity index (χ4n) is 4.03. The molecule has 0 saturated heterocycles. The number of pyridine rings is 1. The maximum absolute atomic E-state index is 4.41. The average Bonchev–Trinajstić information content (AvgIpc) is 3.31. The molecule has 0 spiro atoms. The van der Waals surface area contributed by atoms with Gasteiger partial charge in [0.05, 0.1) is 9.78 Å². The molecule has 0 aliphatic carbocycles. The lowest BCUT2D eigenvalue weighted by molar-refractivity contribution is 0.544. The Kier molecular flexibility index (Phi) is 8.36. The van der Waals surface area contributed by atoms with Gasteiger partial charge in [0.2, 0.25) is 0 Å². The van der Waals surface area contributed by atoms with Gasteiger partial charge in [0.25, 0.3) is 0 Å². The third kappa shape index (κ3) is 6.10. The Morgan fingerprint density at radius 1 is 1.09 bits per heavy atom. The molecule has 0 N–H and O–H groups in total. The summed E-state index contributed by atoms with van der Waals surface area (Å²) in [6.45, 7) is 19.5. The standard InChI is InChI=1S/C31H36N2S2/c1-10-12-23-17-25(20-32-19-23)26-18-29(34-21-26)31(7,35-22(3)33(8)9)28(11-2)24-13-15-27(16-14-24)30(4,5)6/h11,13-21,28H,2-3H2,1,4-9H3/t28-,31+/m1/s1. The average molecular weight is 501 g/mol. The molecule has 0 saturated carbocycles. The van der Waals surface area contributed by atoms with Crippen LogP contribution in [0.5, 0.6) is 0 Å². The highest BCUT2D eigenvalue weighted by atomic mass is 32.2. The number of hydrogen-bond donors (Lipinski definition) is 0. The van der Waals surface area contributed by atoms with E-state index in [-0.39, 0.29) is 16.1 Å². The van der Waals surface area contributed by atoms with Gasteiger partial charge in [-0.3, -0.25) is 4.98 Å². The molecule has 182 valence electrons. The quantitative estimate of drug-likeness (QED) is 0.228. The largest absolute Gasteiger partial charge is 0.373 e. The number of allylic oxidation sites excluding steroid dienone is 1. The number of benzene rings is 1. The first-order valence-corrected chi connectivity index (χ1v) is 13.4. The number of hydrogen-bond acceptors (Lipinski definition) is 4. The maximum Gasteiger partial charge on any atom is 0.0638 e. The molecule has 0 aliphatic rings. The lowest BCUT2D eigenvalue weighted by atomic mass is 9.82. The molecule has 2 aromatic heterocycles. The molecule has 4 heteroatoms. The molecule has 1 aromatic carbocycles. The lowest BCUT2D eigenvalue weighted by Crippen LogP contribution is -2.27. The van der Waals surface area contributed by atoms with Crippen molar-refractivity contribution in [1.82, 2.24) is 9.88 Å². The molecular weight excluding hydrogens is 464 g/mol. The molecule has 2 nitrogen and oxygen atoms in total. The summed E-state index contributed by atoms with van der Waals surface area (Å²) in [5.41, 5.74) is 5.87. The Morgan fingerprint density at radius 3 is 2.34 bits per heavy atom. The summed E-state index contributed by atoms with van der Waals surface area (Å²) in [5.74, 6) is 6.17. The molecule has 0 fully saturated rings. The zero-order valence-electron chi connectivity index (χ0n) is 22.0.